The highest BCUT2D eigenvalue weighted by Gasteiger charge is 2.18. The van der Waals surface area contributed by atoms with Gasteiger partial charge in [-0.05, 0) is 31.0 Å². The van der Waals surface area contributed by atoms with Gasteiger partial charge in [-0.3, -0.25) is 14.6 Å². The Bertz CT molecular complexity index is 1000. The van der Waals surface area contributed by atoms with Crippen LogP contribution in [-0.4, -0.2) is 46.8 Å². The molecule has 7 heteroatoms. The lowest BCUT2D eigenvalue weighted by Crippen LogP contribution is -2.39. The van der Waals surface area contributed by atoms with Gasteiger partial charge >= 0.3 is 0 Å². The lowest BCUT2D eigenvalue weighted by molar-refractivity contribution is -0.128. The number of pyridine rings is 1. The molecule has 0 fully saturated rings. The molecule has 6 nitrogen and oxygen atoms in total. The summed E-state index contributed by atoms with van der Waals surface area (Å²) in [5, 5.41) is 3.53. The van der Waals surface area contributed by atoms with Crippen LogP contribution in [0.25, 0.3) is 10.6 Å². The number of amides is 2. The molecule has 0 bridgehead atoms. The summed E-state index contributed by atoms with van der Waals surface area (Å²) < 4.78 is 0. The molecule has 0 spiro atoms. The first-order valence-electron chi connectivity index (χ1n) is 9.96. The zero-order valence-corrected chi connectivity index (χ0v) is 18.3. The summed E-state index contributed by atoms with van der Waals surface area (Å²) >= 11 is 1.35. The maximum absolute atomic E-state index is 12.6. The van der Waals surface area contributed by atoms with Crippen molar-refractivity contribution >= 4 is 23.2 Å². The summed E-state index contributed by atoms with van der Waals surface area (Å²) in [4.78, 5) is 35.9. The Labute approximate surface area is 181 Å². The van der Waals surface area contributed by atoms with Crippen molar-refractivity contribution < 1.29 is 9.59 Å². The SMILES string of the molecule is CCc1ccc(-c2nc(C)c(C(=O)NCC(=O)N(C)CCc3ccccn3)s2)cc1. The molecule has 1 N–H and O–H groups in total. The van der Waals surface area contributed by atoms with Crippen LogP contribution in [0.1, 0.15) is 33.5 Å². The lowest BCUT2D eigenvalue weighted by atomic mass is 10.1. The van der Waals surface area contributed by atoms with E-state index in [-0.39, 0.29) is 18.4 Å². The Morgan fingerprint density at radius 2 is 1.90 bits per heavy atom. The van der Waals surface area contributed by atoms with Gasteiger partial charge < -0.3 is 10.2 Å². The molecule has 0 aliphatic carbocycles. The number of aryl methyl sites for hydroxylation is 2. The molecule has 2 amide bonds. The second kappa shape index (κ2) is 10.1. The number of rotatable bonds is 8. The first-order chi connectivity index (χ1) is 14.5. The number of nitrogens with zero attached hydrogens (tertiary/aromatic N) is 3. The average Bonchev–Trinajstić information content (AvgIpc) is 3.18. The molecule has 0 aliphatic heterocycles. The van der Waals surface area contributed by atoms with Crippen molar-refractivity contribution in [3.05, 3.63) is 70.5 Å². The van der Waals surface area contributed by atoms with E-state index in [2.05, 4.69) is 34.3 Å². The predicted octanol–water partition coefficient (Wildman–Crippen LogP) is 3.51. The van der Waals surface area contributed by atoms with Gasteiger partial charge in [0.25, 0.3) is 5.91 Å². The Balaban J connectivity index is 1.55. The van der Waals surface area contributed by atoms with E-state index in [0.29, 0.717) is 23.5 Å². The van der Waals surface area contributed by atoms with Crippen LogP contribution in [0.5, 0.6) is 0 Å². The standard InChI is InChI=1S/C23H26N4O2S/c1-4-17-8-10-18(11-9-17)23-26-16(2)21(30-23)22(29)25-15-20(28)27(3)14-12-19-7-5-6-13-24-19/h5-11,13H,4,12,14-15H2,1-3H3,(H,25,29). The zero-order valence-electron chi connectivity index (χ0n) is 17.5. The molecule has 3 rings (SSSR count). The monoisotopic (exact) mass is 422 g/mol. The van der Waals surface area contributed by atoms with Crippen LogP contribution in [0.2, 0.25) is 0 Å². The number of nitrogens with one attached hydrogen (secondary N) is 1. The highest BCUT2D eigenvalue weighted by atomic mass is 32.1. The molecule has 2 aromatic heterocycles. The molecule has 0 radical (unpaired) electrons. The summed E-state index contributed by atoms with van der Waals surface area (Å²) in [6.45, 7) is 4.43. The molecule has 0 aliphatic rings. The molecule has 0 saturated heterocycles. The quantitative estimate of drug-likeness (QED) is 0.603. The Morgan fingerprint density at radius 1 is 1.13 bits per heavy atom. The molecule has 0 saturated carbocycles. The van der Waals surface area contributed by atoms with Gasteiger partial charge in [0.1, 0.15) is 9.88 Å². The van der Waals surface area contributed by atoms with Crippen molar-refractivity contribution in [1.82, 2.24) is 20.2 Å². The summed E-state index contributed by atoms with van der Waals surface area (Å²) in [6.07, 6.45) is 3.39. The van der Waals surface area contributed by atoms with Crippen LogP contribution < -0.4 is 5.32 Å². The number of carbonyl (C=O) groups excluding carboxylic acids is 2. The predicted molar refractivity (Wildman–Crippen MR) is 120 cm³/mol. The number of carbonyl (C=O) groups is 2. The van der Waals surface area contributed by atoms with Crippen LogP contribution in [0.3, 0.4) is 0 Å². The van der Waals surface area contributed by atoms with Gasteiger partial charge in [0, 0.05) is 37.5 Å². The van der Waals surface area contributed by atoms with Gasteiger partial charge in [-0.2, -0.15) is 0 Å². The molecule has 156 valence electrons. The summed E-state index contributed by atoms with van der Waals surface area (Å²) in [6, 6.07) is 13.9. The molecule has 3 aromatic rings. The number of thiazole rings is 1. The van der Waals surface area contributed by atoms with E-state index in [1.165, 1.54) is 16.9 Å². The lowest BCUT2D eigenvalue weighted by Gasteiger charge is -2.17. The molecular weight excluding hydrogens is 396 g/mol. The highest BCUT2D eigenvalue weighted by molar-refractivity contribution is 7.17. The van der Waals surface area contributed by atoms with Gasteiger partial charge in [0.2, 0.25) is 5.91 Å². The maximum atomic E-state index is 12.6. The van der Waals surface area contributed by atoms with Crippen LogP contribution in [0.4, 0.5) is 0 Å². The molecular formula is C23H26N4O2S. The van der Waals surface area contributed by atoms with Crippen LogP contribution in [-0.2, 0) is 17.6 Å². The van der Waals surface area contributed by atoms with Crippen LogP contribution >= 0.6 is 11.3 Å². The van der Waals surface area contributed by atoms with Gasteiger partial charge in [-0.25, -0.2) is 4.98 Å². The van der Waals surface area contributed by atoms with E-state index < -0.39 is 0 Å². The van der Waals surface area contributed by atoms with Crippen molar-refractivity contribution in [1.29, 1.82) is 0 Å². The zero-order chi connectivity index (χ0) is 21.5. The van der Waals surface area contributed by atoms with E-state index in [0.717, 1.165) is 22.7 Å². The number of hydrogen-bond donors (Lipinski definition) is 1. The van der Waals surface area contributed by atoms with Gasteiger partial charge in [-0.1, -0.05) is 37.3 Å². The minimum Gasteiger partial charge on any atom is -0.344 e. The Hall–Kier alpha value is -3.06. The number of hydrogen-bond acceptors (Lipinski definition) is 5. The highest BCUT2D eigenvalue weighted by Crippen LogP contribution is 2.28. The van der Waals surface area contributed by atoms with Crippen molar-refractivity contribution in [2.24, 2.45) is 0 Å². The fraction of sp³-hybridized carbons (Fsp3) is 0.304. The fourth-order valence-electron chi connectivity index (χ4n) is 2.94. The number of likely N-dealkylation sites (N-methyl/N-ethyl adjacent to an activating group) is 1. The summed E-state index contributed by atoms with van der Waals surface area (Å²) in [5.41, 5.74) is 3.85. The van der Waals surface area contributed by atoms with E-state index in [9.17, 15) is 9.59 Å². The van der Waals surface area contributed by atoms with Gasteiger partial charge in [-0.15, -0.1) is 11.3 Å². The normalized spacial score (nSPS) is 10.6. The first kappa shape index (κ1) is 21.6. The molecule has 1 aromatic carbocycles. The van der Waals surface area contributed by atoms with Gasteiger partial charge in [0.15, 0.2) is 0 Å². The van der Waals surface area contributed by atoms with E-state index in [1.54, 1.807) is 18.1 Å². The van der Waals surface area contributed by atoms with E-state index in [4.69, 9.17) is 0 Å². The Morgan fingerprint density at radius 3 is 2.57 bits per heavy atom. The van der Waals surface area contributed by atoms with E-state index >= 15 is 0 Å². The third-order valence-electron chi connectivity index (χ3n) is 4.87. The molecule has 0 unspecified atom stereocenters. The third-order valence-corrected chi connectivity index (χ3v) is 6.07. The van der Waals surface area contributed by atoms with Crippen molar-refractivity contribution in [3.63, 3.8) is 0 Å². The van der Waals surface area contributed by atoms with E-state index in [1.807, 2.05) is 37.3 Å². The van der Waals surface area contributed by atoms with Crippen molar-refractivity contribution in [2.75, 3.05) is 20.1 Å². The second-order valence-corrected chi connectivity index (χ2v) is 8.05. The average molecular weight is 423 g/mol. The Kier molecular flexibility index (Phi) is 7.30. The number of benzene rings is 1. The molecule has 30 heavy (non-hydrogen) atoms. The molecule has 2 heterocycles. The second-order valence-electron chi connectivity index (χ2n) is 7.05. The summed E-state index contributed by atoms with van der Waals surface area (Å²) in [5.74, 6) is -0.412. The molecule has 0 atom stereocenters. The smallest absolute Gasteiger partial charge is 0.263 e. The largest absolute Gasteiger partial charge is 0.344 e. The van der Waals surface area contributed by atoms with Gasteiger partial charge in [0.05, 0.1) is 12.2 Å². The van der Waals surface area contributed by atoms with Crippen LogP contribution in [0.15, 0.2) is 48.7 Å². The first-order valence-corrected chi connectivity index (χ1v) is 10.8. The maximum Gasteiger partial charge on any atom is 0.263 e. The minimum atomic E-state index is -0.270. The number of aromatic nitrogens is 2. The van der Waals surface area contributed by atoms with Crippen molar-refractivity contribution in [2.45, 2.75) is 26.7 Å². The topological polar surface area (TPSA) is 75.2 Å². The fourth-order valence-corrected chi connectivity index (χ4v) is 3.93. The third kappa shape index (κ3) is 5.51. The minimum absolute atomic E-state index is 0.0462. The van der Waals surface area contributed by atoms with Crippen LogP contribution in [0, 0.1) is 6.92 Å². The van der Waals surface area contributed by atoms with Crippen molar-refractivity contribution in [3.8, 4) is 10.6 Å². The summed E-state index contributed by atoms with van der Waals surface area (Å²) in [7, 11) is 1.73.